The van der Waals surface area contributed by atoms with Gasteiger partial charge in [0.15, 0.2) is 5.69 Å². The molecule has 0 spiro atoms. The first-order valence-corrected chi connectivity index (χ1v) is 3.22. The highest BCUT2D eigenvalue weighted by atomic mass is 16.5. The predicted molar refractivity (Wildman–Crippen MR) is 39.9 cm³/mol. The maximum Gasteiger partial charge on any atom is 0.356 e. The molecule has 0 aromatic carbocycles. The van der Waals surface area contributed by atoms with E-state index in [1.165, 1.54) is 26.6 Å². The molecule has 0 fully saturated rings. The Bertz CT molecular complexity index is 288. The third-order valence-corrected chi connectivity index (χ3v) is 1.25. The SMILES string of the molecule is COC(=O)c1cc(OC)ncn1. The lowest BCUT2D eigenvalue weighted by Gasteiger charge is -1.99. The fraction of sp³-hybridized carbons (Fsp3) is 0.286. The average molecular weight is 168 g/mol. The molecule has 0 aliphatic heterocycles. The molecule has 64 valence electrons. The first kappa shape index (κ1) is 8.45. The highest BCUT2D eigenvalue weighted by Crippen LogP contribution is 2.05. The number of ether oxygens (including phenoxy) is 2. The second-order valence-electron chi connectivity index (χ2n) is 1.94. The Kier molecular flexibility index (Phi) is 2.57. The van der Waals surface area contributed by atoms with Crippen molar-refractivity contribution in [1.82, 2.24) is 9.97 Å². The average Bonchev–Trinajstić information content (AvgIpc) is 2.17. The molecule has 1 aromatic heterocycles. The number of hydrogen-bond donors (Lipinski definition) is 0. The van der Waals surface area contributed by atoms with Gasteiger partial charge in [-0.05, 0) is 0 Å². The van der Waals surface area contributed by atoms with Crippen molar-refractivity contribution in [2.45, 2.75) is 0 Å². The molecule has 0 atom stereocenters. The van der Waals surface area contributed by atoms with Crippen LogP contribution in [0.2, 0.25) is 0 Å². The molecule has 0 amide bonds. The van der Waals surface area contributed by atoms with Crippen molar-refractivity contribution < 1.29 is 14.3 Å². The minimum absolute atomic E-state index is 0.185. The van der Waals surface area contributed by atoms with Gasteiger partial charge in [0, 0.05) is 6.07 Å². The van der Waals surface area contributed by atoms with Gasteiger partial charge in [-0.15, -0.1) is 0 Å². The Morgan fingerprint density at radius 2 is 2.17 bits per heavy atom. The molecule has 0 unspecified atom stereocenters. The summed E-state index contributed by atoms with van der Waals surface area (Å²) in [5.74, 6) is -0.166. The van der Waals surface area contributed by atoms with Crippen LogP contribution in [-0.2, 0) is 4.74 Å². The van der Waals surface area contributed by atoms with E-state index in [9.17, 15) is 4.79 Å². The molecule has 0 saturated heterocycles. The van der Waals surface area contributed by atoms with Crippen LogP contribution in [0.3, 0.4) is 0 Å². The van der Waals surface area contributed by atoms with Crippen LogP contribution in [0.4, 0.5) is 0 Å². The minimum Gasteiger partial charge on any atom is -0.481 e. The molecule has 0 bridgehead atoms. The van der Waals surface area contributed by atoms with Crippen molar-refractivity contribution in [3.63, 3.8) is 0 Å². The van der Waals surface area contributed by atoms with Crippen molar-refractivity contribution >= 4 is 5.97 Å². The van der Waals surface area contributed by atoms with Gasteiger partial charge in [-0.1, -0.05) is 0 Å². The maximum atomic E-state index is 10.9. The molecule has 5 nitrogen and oxygen atoms in total. The molecule has 5 heteroatoms. The Morgan fingerprint density at radius 1 is 1.42 bits per heavy atom. The summed E-state index contributed by atoms with van der Waals surface area (Å²) in [7, 11) is 2.75. The monoisotopic (exact) mass is 168 g/mol. The van der Waals surface area contributed by atoms with Gasteiger partial charge in [0.1, 0.15) is 6.33 Å². The lowest BCUT2D eigenvalue weighted by atomic mass is 10.4. The third kappa shape index (κ3) is 1.69. The minimum atomic E-state index is -0.504. The fourth-order valence-electron chi connectivity index (χ4n) is 0.667. The van der Waals surface area contributed by atoms with Gasteiger partial charge in [-0.3, -0.25) is 0 Å². The molecule has 0 aliphatic rings. The molecule has 0 radical (unpaired) electrons. The first-order chi connectivity index (χ1) is 5.77. The number of nitrogens with zero attached hydrogens (tertiary/aromatic N) is 2. The Hall–Kier alpha value is -1.65. The Labute approximate surface area is 69.4 Å². The van der Waals surface area contributed by atoms with Crippen LogP contribution in [0.15, 0.2) is 12.4 Å². The molecule has 0 saturated carbocycles. The lowest BCUT2D eigenvalue weighted by molar-refractivity contribution is 0.0593. The third-order valence-electron chi connectivity index (χ3n) is 1.25. The molecule has 1 aromatic rings. The van der Waals surface area contributed by atoms with E-state index >= 15 is 0 Å². The van der Waals surface area contributed by atoms with Crippen LogP contribution in [0.1, 0.15) is 10.5 Å². The molecular formula is C7H8N2O3. The van der Waals surface area contributed by atoms with Crippen LogP contribution in [0.25, 0.3) is 0 Å². The number of esters is 1. The van der Waals surface area contributed by atoms with Gasteiger partial charge in [0.2, 0.25) is 5.88 Å². The highest BCUT2D eigenvalue weighted by Gasteiger charge is 2.07. The molecular weight excluding hydrogens is 160 g/mol. The number of aromatic nitrogens is 2. The standard InChI is InChI=1S/C7H8N2O3/c1-11-6-3-5(7(10)12-2)8-4-9-6/h3-4H,1-2H3. The molecule has 0 N–H and O–H groups in total. The van der Waals surface area contributed by atoms with Gasteiger partial charge < -0.3 is 9.47 Å². The van der Waals surface area contributed by atoms with Crippen LogP contribution in [0, 0.1) is 0 Å². The van der Waals surface area contributed by atoms with Crippen molar-refractivity contribution in [3.8, 4) is 5.88 Å². The van der Waals surface area contributed by atoms with E-state index in [0.29, 0.717) is 5.88 Å². The van der Waals surface area contributed by atoms with Crippen LogP contribution in [-0.4, -0.2) is 30.2 Å². The van der Waals surface area contributed by atoms with E-state index in [0.717, 1.165) is 0 Å². The maximum absolute atomic E-state index is 10.9. The zero-order valence-corrected chi connectivity index (χ0v) is 6.77. The topological polar surface area (TPSA) is 61.3 Å². The number of rotatable bonds is 2. The second-order valence-corrected chi connectivity index (χ2v) is 1.94. The van der Waals surface area contributed by atoms with Gasteiger partial charge in [0.05, 0.1) is 14.2 Å². The van der Waals surface area contributed by atoms with Gasteiger partial charge in [0.25, 0.3) is 0 Å². The number of carbonyl (C=O) groups excluding carboxylic acids is 1. The van der Waals surface area contributed by atoms with Crippen molar-refractivity contribution in [1.29, 1.82) is 0 Å². The van der Waals surface area contributed by atoms with E-state index in [1.807, 2.05) is 0 Å². The summed E-state index contributed by atoms with van der Waals surface area (Å²) < 4.78 is 9.24. The summed E-state index contributed by atoms with van der Waals surface area (Å²) in [6.45, 7) is 0. The molecule has 1 heterocycles. The summed E-state index contributed by atoms with van der Waals surface area (Å²) >= 11 is 0. The van der Waals surface area contributed by atoms with Crippen molar-refractivity contribution in [2.75, 3.05) is 14.2 Å². The van der Waals surface area contributed by atoms with Crippen LogP contribution < -0.4 is 4.74 Å². The number of methoxy groups -OCH3 is 2. The van der Waals surface area contributed by atoms with E-state index in [-0.39, 0.29) is 5.69 Å². The predicted octanol–water partition coefficient (Wildman–Crippen LogP) is 0.272. The normalized spacial score (nSPS) is 9.17. The Morgan fingerprint density at radius 3 is 2.75 bits per heavy atom. The zero-order valence-electron chi connectivity index (χ0n) is 6.77. The van der Waals surface area contributed by atoms with E-state index in [2.05, 4.69) is 14.7 Å². The second kappa shape index (κ2) is 3.66. The number of carbonyl (C=O) groups is 1. The van der Waals surface area contributed by atoms with Gasteiger partial charge in [-0.25, -0.2) is 14.8 Å². The molecule has 1 rings (SSSR count). The highest BCUT2D eigenvalue weighted by molar-refractivity contribution is 5.87. The lowest BCUT2D eigenvalue weighted by Crippen LogP contribution is -2.04. The first-order valence-electron chi connectivity index (χ1n) is 3.22. The summed E-state index contributed by atoms with van der Waals surface area (Å²) in [6.07, 6.45) is 1.24. The fourth-order valence-corrected chi connectivity index (χ4v) is 0.667. The van der Waals surface area contributed by atoms with E-state index in [1.54, 1.807) is 0 Å². The smallest absolute Gasteiger partial charge is 0.356 e. The molecule has 12 heavy (non-hydrogen) atoms. The molecule has 0 aliphatic carbocycles. The quantitative estimate of drug-likeness (QED) is 0.593. The largest absolute Gasteiger partial charge is 0.481 e. The Balaban J connectivity index is 2.93. The van der Waals surface area contributed by atoms with Crippen LogP contribution >= 0.6 is 0 Å². The zero-order chi connectivity index (χ0) is 8.97. The van der Waals surface area contributed by atoms with E-state index < -0.39 is 5.97 Å². The van der Waals surface area contributed by atoms with E-state index in [4.69, 9.17) is 4.74 Å². The summed E-state index contributed by atoms with van der Waals surface area (Å²) in [6, 6.07) is 1.41. The van der Waals surface area contributed by atoms with Gasteiger partial charge in [-0.2, -0.15) is 0 Å². The summed E-state index contributed by atoms with van der Waals surface area (Å²) in [5, 5.41) is 0. The van der Waals surface area contributed by atoms with Crippen LogP contribution in [0.5, 0.6) is 5.88 Å². The van der Waals surface area contributed by atoms with Gasteiger partial charge >= 0.3 is 5.97 Å². The summed E-state index contributed by atoms with van der Waals surface area (Å²) in [5.41, 5.74) is 0.185. The van der Waals surface area contributed by atoms with Crippen molar-refractivity contribution in [3.05, 3.63) is 18.1 Å². The number of hydrogen-bond acceptors (Lipinski definition) is 5. The van der Waals surface area contributed by atoms with Crippen molar-refractivity contribution in [2.24, 2.45) is 0 Å². The summed E-state index contributed by atoms with van der Waals surface area (Å²) in [4.78, 5) is 18.3.